The number of benzene rings is 2. The fourth-order valence-electron chi connectivity index (χ4n) is 3.25. The molecule has 0 N–H and O–H groups in total. The van der Waals surface area contributed by atoms with Crippen molar-refractivity contribution in [3.8, 4) is 17.2 Å². The SMILES string of the molecule is Cc1ccc(-c2nc(CCOc3ccc4c(c3)CC[CH]4)c(C)o2)cc1F. The second-order valence-corrected chi connectivity index (χ2v) is 6.69. The first-order valence-corrected chi connectivity index (χ1v) is 8.92. The van der Waals surface area contributed by atoms with Gasteiger partial charge in [0.05, 0.1) is 12.3 Å². The molecule has 1 heterocycles. The van der Waals surface area contributed by atoms with Crippen LogP contribution in [0.2, 0.25) is 0 Å². The Bertz CT molecular complexity index is 945. The van der Waals surface area contributed by atoms with Gasteiger partial charge >= 0.3 is 0 Å². The van der Waals surface area contributed by atoms with E-state index in [0.717, 1.165) is 30.0 Å². The minimum Gasteiger partial charge on any atom is -0.493 e. The van der Waals surface area contributed by atoms with Crippen LogP contribution in [0.4, 0.5) is 4.39 Å². The Morgan fingerprint density at radius 3 is 2.88 bits per heavy atom. The number of oxazole rings is 1. The van der Waals surface area contributed by atoms with E-state index in [4.69, 9.17) is 9.15 Å². The summed E-state index contributed by atoms with van der Waals surface area (Å²) >= 11 is 0. The third kappa shape index (κ3) is 3.36. The average Bonchev–Trinajstić information content (AvgIpc) is 3.24. The maximum atomic E-state index is 13.8. The Labute approximate surface area is 152 Å². The molecule has 0 bridgehead atoms. The molecule has 0 saturated carbocycles. The van der Waals surface area contributed by atoms with Gasteiger partial charge in [-0.15, -0.1) is 0 Å². The van der Waals surface area contributed by atoms with Crippen molar-refractivity contribution in [1.82, 2.24) is 4.98 Å². The van der Waals surface area contributed by atoms with Gasteiger partial charge in [-0.1, -0.05) is 12.1 Å². The van der Waals surface area contributed by atoms with Gasteiger partial charge in [-0.25, -0.2) is 9.37 Å². The number of hydrogen-bond donors (Lipinski definition) is 0. The number of hydrogen-bond acceptors (Lipinski definition) is 3. The lowest BCUT2D eigenvalue weighted by Gasteiger charge is -2.07. The summed E-state index contributed by atoms with van der Waals surface area (Å²) < 4.78 is 25.4. The second kappa shape index (κ2) is 6.94. The topological polar surface area (TPSA) is 35.3 Å². The Balaban J connectivity index is 1.42. The molecule has 1 aromatic heterocycles. The van der Waals surface area contributed by atoms with Crippen LogP contribution in [0.5, 0.6) is 5.75 Å². The minimum absolute atomic E-state index is 0.253. The van der Waals surface area contributed by atoms with Crippen molar-refractivity contribution < 1.29 is 13.5 Å². The molecule has 0 aliphatic heterocycles. The van der Waals surface area contributed by atoms with E-state index in [-0.39, 0.29) is 5.82 Å². The zero-order chi connectivity index (χ0) is 18.1. The largest absolute Gasteiger partial charge is 0.493 e. The lowest BCUT2D eigenvalue weighted by atomic mass is 10.1. The first-order valence-electron chi connectivity index (χ1n) is 8.92. The maximum absolute atomic E-state index is 13.8. The molecule has 0 spiro atoms. The normalized spacial score (nSPS) is 13.0. The number of ether oxygens (including phenoxy) is 1. The summed E-state index contributed by atoms with van der Waals surface area (Å²) in [7, 11) is 0. The van der Waals surface area contributed by atoms with Crippen molar-refractivity contribution in [3.05, 3.63) is 76.8 Å². The number of rotatable bonds is 5. The molecule has 1 aliphatic rings. The van der Waals surface area contributed by atoms with Crippen molar-refractivity contribution in [3.63, 3.8) is 0 Å². The van der Waals surface area contributed by atoms with Gasteiger partial charge in [0.1, 0.15) is 17.3 Å². The smallest absolute Gasteiger partial charge is 0.226 e. The molecule has 0 atom stereocenters. The highest BCUT2D eigenvalue weighted by atomic mass is 19.1. The Kier molecular flexibility index (Phi) is 4.49. The van der Waals surface area contributed by atoms with Crippen LogP contribution in [-0.4, -0.2) is 11.6 Å². The lowest BCUT2D eigenvalue weighted by Crippen LogP contribution is -2.03. The van der Waals surface area contributed by atoms with Crippen LogP contribution in [0.1, 0.15) is 34.6 Å². The zero-order valence-electron chi connectivity index (χ0n) is 15.0. The number of nitrogens with zero attached hydrogens (tertiary/aromatic N) is 1. The van der Waals surface area contributed by atoms with Crippen LogP contribution in [0.3, 0.4) is 0 Å². The summed E-state index contributed by atoms with van der Waals surface area (Å²) in [6.45, 7) is 4.14. The van der Waals surface area contributed by atoms with E-state index in [2.05, 4.69) is 23.5 Å². The molecule has 4 heteroatoms. The summed E-state index contributed by atoms with van der Waals surface area (Å²) in [4.78, 5) is 4.52. The molecule has 3 aromatic rings. The van der Waals surface area contributed by atoms with Crippen molar-refractivity contribution in [1.29, 1.82) is 0 Å². The number of aryl methyl sites for hydroxylation is 3. The molecule has 0 fully saturated rings. The van der Waals surface area contributed by atoms with E-state index in [1.165, 1.54) is 17.2 Å². The van der Waals surface area contributed by atoms with Gasteiger partial charge in [0.15, 0.2) is 0 Å². The van der Waals surface area contributed by atoms with Gasteiger partial charge in [0.2, 0.25) is 5.89 Å². The van der Waals surface area contributed by atoms with Crippen LogP contribution in [0, 0.1) is 26.1 Å². The second-order valence-electron chi connectivity index (χ2n) is 6.69. The number of aromatic nitrogens is 1. The lowest BCUT2D eigenvalue weighted by molar-refractivity contribution is 0.319. The van der Waals surface area contributed by atoms with Crippen LogP contribution in [0.25, 0.3) is 11.5 Å². The molecular weight excluding hydrogens is 329 g/mol. The van der Waals surface area contributed by atoms with Crippen molar-refractivity contribution in [2.24, 2.45) is 0 Å². The summed E-state index contributed by atoms with van der Waals surface area (Å²) in [5.74, 6) is 1.83. The molecule has 1 aliphatic carbocycles. The van der Waals surface area contributed by atoms with Gasteiger partial charge in [-0.3, -0.25) is 0 Å². The van der Waals surface area contributed by atoms with Gasteiger partial charge in [-0.05, 0) is 74.1 Å². The van der Waals surface area contributed by atoms with Gasteiger partial charge in [0, 0.05) is 12.0 Å². The fourth-order valence-corrected chi connectivity index (χ4v) is 3.25. The quantitative estimate of drug-likeness (QED) is 0.633. The predicted octanol–water partition coefficient (Wildman–Crippen LogP) is 5.22. The minimum atomic E-state index is -0.253. The standard InChI is InChI=1S/C22H21FNO2/c1-14-6-7-18(13-20(14)23)22-24-21(15(2)26-22)10-11-25-19-9-8-16-4-3-5-17(16)12-19/h4,6-9,12-13H,3,5,10-11H2,1-2H3. The van der Waals surface area contributed by atoms with Gasteiger partial charge in [0.25, 0.3) is 0 Å². The van der Waals surface area contributed by atoms with Crippen LogP contribution in [-0.2, 0) is 12.8 Å². The van der Waals surface area contributed by atoms with E-state index in [9.17, 15) is 4.39 Å². The molecule has 3 nitrogen and oxygen atoms in total. The maximum Gasteiger partial charge on any atom is 0.226 e. The third-order valence-electron chi connectivity index (χ3n) is 4.81. The van der Waals surface area contributed by atoms with E-state index in [0.29, 0.717) is 30.0 Å². The Hall–Kier alpha value is -2.62. The van der Waals surface area contributed by atoms with Crippen LogP contribution in [0.15, 0.2) is 40.8 Å². The molecule has 26 heavy (non-hydrogen) atoms. The number of halogens is 1. The van der Waals surface area contributed by atoms with E-state index in [1.807, 2.05) is 19.1 Å². The molecule has 0 unspecified atom stereocenters. The summed E-state index contributed by atoms with van der Waals surface area (Å²) in [6, 6.07) is 11.3. The van der Waals surface area contributed by atoms with E-state index >= 15 is 0 Å². The highest BCUT2D eigenvalue weighted by molar-refractivity contribution is 5.54. The van der Waals surface area contributed by atoms with Gasteiger partial charge < -0.3 is 9.15 Å². The van der Waals surface area contributed by atoms with E-state index < -0.39 is 0 Å². The fraction of sp³-hybridized carbons (Fsp3) is 0.273. The highest BCUT2D eigenvalue weighted by Crippen LogP contribution is 2.28. The van der Waals surface area contributed by atoms with E-state index in [1.54, 1.807) is 13.0 Å². The highest BCUT2D eigenvalue weighted by Gasteiger charge is 2.14. The predicted molar refractivity (Wildman–Crippen MR) is 98.7 cm³/mol. The first kappa shape index (κ1) is 16.8. The average molecular weight is 350 g/mol. The Morgan fingerprint density at radius 1 is 1.15 bits per heavy atom. The Morgan fingerprint density at radius 2 is 2.04 bits per heavy atom. The number of fused-ring (bicyclic) bond motifs is 1. The van der Waals surface area contributed by atoms with Crippen molar-refractivity contribution in [2.45, 2.75) is 33.1 Å². The molecular formula is C22H21FNO2. The first-order chi connectivity index (χ1) is 12.6. The molecule has 1 radical (unpaired) electrons. The van der Waals surface area contributed by atoms with Crippen LogP contribution >= 0.6 is 0 Å². The molecule has 4 rings (SSSR count). The van der Waals surface area contributed by atoms with Crippen molar-refractivity contribution in [2.75, 3.05) is 6.61 Å². The molecule has 0 saturated heterocycles. The van der Waals surface area contributed by atoms with Crippen LogP contribution < -0.4 is 4.74 Å². The summed E-state index contributed by atoms with van der Waals surface area (Å²) in [5.41, 5.74) is 4.77. The monoisotopic (exact) mass is 350 g/mol. The third-order valence-corrected chi connectivity index (χ3v) is 4.81. The van der Waals surface area contributed by atoms with Gasteiger partial charge in [-0.2, -0.15) is 0 Å². The summed E-state index contributed by atoms with van der Waals surface area (Å²) in [6.07, 6.45) is 5.10. The van der Waals surface area contributed by atoms with Crippen molar-refractivity contribution >= 4 is 0 Å². The zero-order valence-corrected chi connectivity index (χ0v) is 15.0. The molecule has 0 amide bonds. The molecule has 2 aromatic carbocycles. The molecule has 133 valence electrons. The summed E-state index contributed by atoms with van der Waals surface area (Å²) in [5, 5.41) is 0.